The van der Waals surface area contributed by atoms with E-state index in [1.807, 2.05) is 6.07 Å². The highest BCUT2D eigenvalue weighted by molar-refractivity contribution is 9.10. The van der Waals surface area contributed by atoms with Crippen molar-refractivity contribution in [3.8, 4) is 11.8 Å². The van der Waals surface area contributed by atoms with Gasteiger partial charge < -0.3 is 4.74 Å². The number of benzene rings is 2. The molecule has 0 atom stereocenters. The lowest BCUT2D eigenvalue weighted by Crippen LogP contribution is -2.32. The third kappa shape index (κ3) is 4.89. The SMILES string of the molecule is N#CCCN(c1ccccc1)S(=O)(=O)c1ccc(Br)cc1OC(F)(F)F. The summed E-state index contributed by atoms with van der Waals surface area (Å²) in [6, 6.07) is 12.9. The lowest BCUT2D eigenvalue weighted by Gasteiger charge is -2.25. The molecule has 0 saturated carbocycles. The molecule has 0 radical (unpaired) electrons. The zero-order valence-electron chi connectivity index (χ0n) is 13.1. The molecule has 0 unspecified atom stereocenters. The highest BCUT2D eigenvalue weighted by atomic mass is 79.9. The molecule has 0 aromatic heterocycles. The Balaban J connectivity index is 2.58. The predicted molar refractivity (Wildman–Crippen MR) is 92.0 cm³/mol. The van der Waals surface area contributed by atoms with Crippen molar-refractivity contribution in [2.24, 2.45) is 0 Å². The largest absolute Gasteiger partial charge is 0.573 e. The number of sulfonamides is 1. The minimum absolute atomic E-state index is 0.139. The highest BCUT2D eigenvalue weighted by Crippen LogP contribution is 2.35. The molecular formula is C16H12BrF3N2O3S. The number of para-hydroxylation sites is 1. The van der Waals surface area contributed by atoms with Gasteiger partial charge in [0, 0.05) is 11.0 Å². The minimum atomic E-state index is -5.06. The van der Waals surface area contributed by atoms with Crippen molar-refractivity contribution < 1.29 is 26.3 Å². The maximum Gasteiger partial charge on any atom is 0.573 e. The Hall–Kier alpha value is -2.25. The molecule has 0 bridgehead atoms. The number of hydrogen-bond donors (Lipinski definition) is 0. The zero-order valence-corrected chi connectivity index (χ0v) is 15.5. The molecular weight excluding hydrogens is 437 g/mol. The molecule has 5 nitrogen and oxygen atoms in total. The molecule has 0 amide bonds. The summed E-state index contributed by atoms with van der Waals surface area (Å²) < 4.78 is 69.0. The first kappa shape index (κ1) is 20.1. The van der Waals surface area contributed by atoms with E-state index in [0.717, 1.165) is 16.4 Å². The second kappa shape index (κ2) is 7.97. The molecule has 2 aromatic carbocycles. The van der Waals surface area contributed by atoms with Crippen LogP contribution in [0.3, 0.4) is 0 Å². The molecule has 2 rings (SSSR count). The van der Waals surface area contributed by atoms with Crippen LogP contribution >= 0.6 is 15.9 Å². The van der Waals surface area contributed by atoms with Crippen molar-refractivity contribution in [1.82, 2.24) is 0 Å². The third-order valence-electron chi connectivity index (χ3n) is 3.17. The van der Waals surface area contributed by atoms with Gasteiger partial charge in [-0.15, -0.1) is 13.2 Å². The van der Waals surface area contributed by atoms with Gasteiger partial charge in [0.15, 0.2) is 5.75 Å². The smallest absolute Gasteiger partial charge is 0.404 e. The van der Waals surface area contributed by atoms with E-state index in [0.29, 0.717) is 0 Å². The van der Waals surface area contributed by atoms with E-state index >= 15 is 0 Å². The summed E-state index contributed by atoms with van der Waals surface area (Å²) >= 11 is 3.00. The van der Waals surface area contributed by atoms with Crippen molar-refractivity contribution in [3.05, 3.63) is 53.0 Å². The van der Waals surface area contributed by atoms with E-state index < -0.39 is 27.0 Å². The Bertz CT molecular complexity index is 913. The van der Waals surface area contributed by atoms with Gasteiger partial charge in [-0.05, 0) is 30.3 Å². The summed E-state index contributed by atoms with van der Waals surface area (Å²) in [4.78, 5) is -0.653. The fraction of sp³-hybridized carbons (Fsp3) is 0.188. The van der Waals surface area contributed by atoms with Crippen molar-refractivity contribution in [1.29, 1.82) is 5.26 Å². The van der Waals surface area contributed by atoms with Crippen LogP contribution in [0, 0.1) is 11.3 Å². The molecule has 0 aliphatic carbocycles. The number of rotatable bonds is 6. The Morgan fingerprint density at radius 2 is 1.81 bits per heavy atom. The lowest BCUT2D eigenvalue weighted by atomic mass is 10.3. The number of ether oxygens (including phenoxy) is 1. The summed E-state index contributed by atoms with van der Waals surface area (Å²) in [5, 5.41) is 8.79. The monoisotopic (exact) mass is 448 g/mol. The lowest BCUT2D eigenvalue weighted by molar-refractivity contribution is -0.275. The Kier molecular flexibility index (Phi) is 6.15. The average Bonchev–Trinajstić information content (AvgIpc) is 2.54. The molecule has 2 aromatic rings. The predicted octanol–water partition coefficient (Wildman–Crippen LogP) is 4.46. The Labute approximate surface area is 156 Å². The van der Waals surface area contributed by atoms with Crippen molar-refractivity contribution in [2.45, 2.75) is 17.7 Å². The van der Waals surface area contributed by atoms with Gasteiger partial charge in [-0.2, -0.15) is 5.26 Å². The van der Waals surface area contributed by atoms with Crippen LogP contribution in [-0.2, 0) is 10.0 Å². The first-order valence-corrected chi connectivity index (χ1v) is 9.38. The van der Waals surface area contributed by atoms with Crippen LogP contribution in [0.4, 0.5) is 18.9 Å². The van der Waals surface area contributed by atoms with E-state index in [1.54, 1.807) is 18.2 Å². The first-order chi connectivity index (χ1) is 12.1. The summed E-state index contributed by atoms with van der Waals surface area (Å²) in [5.74, 6) is -0.857. The molecule has 0 heterocycles. The van der Waals surface area contributed by atoms with Crippen LogP contribution in [0.1, 0.15) is 6.42 Å². The topological polar surface area (TPSA) is 70.4 Å². The quantitative estimate of drug-likeness (QED) is 0.653. The molecule has 0 aliphatic rings. The van der Waals surface area contributed by atoms with Gasteiger partial charge in [0.05, 0.1) is 18.2 Å². The zero-order chi connectivity index (χ0) is 19.4. The normalized spacial score (nSPS) is 11.7. The second-order valence-electron chi connectivity index (χ2n) is 4.96. The first-order valence-electron chi connectivity index (χ1n) is 7.15. The molecule has 26 heavy (non-hydrogen) atoms. The fourth-order valence-electron chi connectivity index (χ4n) is 2.15. The number of hydrogen-bond acceptors (Lipinski definition) is 4. The summed E-state index contributed by atoms with van der Waals surface area (Å²) in [6.45, 7) is -0.218. The van der Waals surface area contributed by atoms with Gasteiger partial charge in [0.1, 0.15) is 4.90 Å². The van der Waals surface area contributed by atoms with E-state index in [2.05, 4.69) is 20.7 Å². The molecule has 0 saturated heterocycles. The number of nitrogens with zero attached hydrogens (tertiary/aromatic N) is 2. The second-order valence-corrected chi connectivity index (χ2v) is 7.71. The Morgan fingerprint density at radius 3 is 2.38 bits per heavy atom. The van der Waals surface area contributed by atoms with Crippen molar-refractivity contribution >= 4 is 31.6 Å². The molecule has 0 N–H and O–H groups in total. The number of anilines is 1. The van der Waals surface area contributed by atoms with Crippen molar-refractivity contribution in [2.75, 3.05) is 10.8 Å². The summed E-state index contributed by atoms with van der Waals surface area (Å²) in [7, 11) is -4.41. The molecule has 10 heteroatoms. The van der Waals surface area contributed by atoms with Gasteiger partial charge in [-0.3, -0.25) is 4.31 Å². The number of nitriles is 1. The van der Waals surface area contributed by atoms with Crippen LogP contribution in [0.25, 0.3) is 0 Å². The highest BCUT2D eigenvalue weighted by Gasteiger charge is 2.36. The fourth-order valence-corrected chi connectivity index (χ4v) is 4.06. The van der Waals surface area contributed by atoms with Crippen LogP contribution in [-0.4, -0.2) is 21.3 Å². The van der Waals surface area contributed by atoms with Gasteiger partial charge >= 0.3 is 6.36 Å². The summed E-state index contributed by atoms with van der Waals surface area (Å²) in [5.41, 5.74) is 0.226. The van der Waals surface area contributed by atoms with E-state index in [4.69, 9.17) is 5.26 Å². The minimum Gasteiger partial charge on any atom is -0.404 e. The van der Waals surface area contributed by atoms with E-state index in [1.165, 1.54) is 18.2 Å². The van der Waals surface area contributed by atoms with Crippen molar-refractivity contribution in [3.63, 3.8) is 0 Å². The van der Waals surface area contributed by atoms with E-state index in [9.17, 15) is 21.6 Å². The van der Waals surface area contributed by atoms with Gasteiger partial charge in [0.2, 0.25) is 0 Å². The molecule has 0 fully saturated rings. The average molecular weight is 449 g/mol. The molecule has 0 spiro atoms. The van der Waals surface area contributed by atoms with Gasteiger partial charge in [-0.1, -0.05) is 34.1 Å². The van der Waals surface area contributed by atoms with Crippen LogP contribution in [0.2, 0.25) is 0 Å². The number of alkyl halides is 3. The number of halogens is 4. The summed E-state index contributed by atoms with van der Waals surface area (Å²) in [6.07, 6.45) is -5.20. The van der Waals surface area contributed by atoms with E-state index in [-0.39, 0.29) is 23.1 Å². The van der Waals surface area contributed by atoms with Crippen LogP contribution in [0.5, 0.6) is 5.75 Å². The molecule has 0 aliphatic heterocycles. The molecule has 138 valence electrons. The van der Waals surface area contributed by atoms with Gasteiger partial charge in [-0.25, -0.2) is 8.42 Å². The maximum atomic E-state index is 13.0. The van der Waals surface area contributed by atoms with Crippen LogP contribution < -0.4 is 9.04 Å². The standard InChI is InChI=1S/C16H12BrF3N2O3S/c17-12-7-8-15(14(11-12)25-16(18,19)20)26(23,24)22(10-4-9-21)13-5-2-1-3-6-13/h1-3,5-8,11H,4,10H2. The maximum absolute atomic E-state index is 13.0. The van der Waals surface area contributed by atoms with Crippen LogP contribution in [0.15, 0.2) is 57.9 Å². The third-order valence-corrected chi connectivity index (χ3v) is 5.53. The Morgan fingerprint density at radius 1 is 1.15 bits per heavy atom. The van der Waals surface area contributed by atoms with Gasteiger partial charge in [0.25, 0.3) is 10.0 Å².